The Bertz CT molecular complexity index is 780. The van der Waals surface area contributed by atoms with Gasteiger partial charge in [0.05, 0.1) is 6.54 Å². The standard InChI is InChI=1S/C20H24N4O3/c21-11-19(25)23-17-10-18(20(26)27)24(13-17)22-12-14-6-8-16(9-7-14)15-4-2-1-3-5-15/h1-9,17-18,22H,10-13,21H2,(H,23,25)(H,26,27)/t17-,18+/m0/s1. The number of benzene rings is 2. The molecule has 0 bridgehead atoms. The van der Waals surface area contributed by atoms with Crippen molar-refractivity contribution >= 4 is 11.9 Å². The van der Waals surface area contributed by atoms with Crippen molar-refractivity contribution in [3.63, 3.8) is 0 Å². The molecule has 1 heterocycles. The molecule has 142 valence electrons. The van der Waals surface area contributed by atoms with Gasteiger partial charge in [0.15, 0.2) is 0 Å². The van der Waals surface area contributed by atoms with Crippen molar-refractivity contribution in [2.75, 3.05) is 13.1 Å². The molecular weight excluding hydrogens is 344 g/mol. The van der Waals surface area contributed by atoms with E-state index in [1.54, 1.807) is 5.01 Å². The van der Waals surface area contributed by atoms with Crippen molar-refractivity contribution in [2.45, 2.75) is 25.0 Å². The molecule has 1 amide bonds. The molecule has 0 aliphatic carbocycles. The number of aliphatic carboxylic acids is 1. The van der Waals surface area contributed by atoms with Crippen molar-refractivity contribution in [1.82, 2.24) is 15.8 Å². The molecule has 3 rings (SSSR count). The minimum absolute atomic E-state index is 0.102. The number of rotatable bonds is 7. The molecule has 1 aliphatic heterocycles. The molecule has 2 aromatic rings. The highest BCUT2D eigenvalue weighted by molar-refractivity contribution is 5.79. The smallest absolute Gasteiger partial charge is 0.322 e. The van der Waals surface area contributed by atoms with Crippen LogP contribution in [-0.2, 0) is 16.1 Å². The van der Waals surface area contributed by atoms with E-state index in [4.69, 9.17) is 5.73 Å². The zero-order chi connectivity index (χ0) is 19.2. The molecule has 0 saturated carbocycles. The van der Waals surface area contributed by atoms with E-state index in [2.05, 4.69) is 35.0 Å². The number of nitrogens with zero attached hydrogens (tertiary/aromatic N) is 1. The minimum Gasteiger partial charge on any atom is -0.480 e. The highest BCUT2D eigenvalue weighted by Crippen LogP contribution is 2.20. The Morgan fingerprint density at radius 1 is 1.07 bits per heavy atom. The van der Waals surface area contributed by atoms with E-state index in [-0.39, 0.29) is 18.5 Å². The van der Waals surface area contributed by atoms with E-state index >= 15 is 0 Å². The first-order valence-corrected chi connectivity index (χ1v) is 8.93. The number of hydrogen-bond acceptors (Lipinski definition) is 5. The number of carboxylic acid groups (broad SMARTS) is 1. The van der Waals surface area contributed by atoms with Gasteiger partial charge in [0.2, 0.25) is 5.91 Å². The Balaban J connectivity index is 1.59. The summed E-state index contributed by atoms with van der Waals surface area (Å²) in [4.78, 5) is 23.0. The van der Waals surface area contributed by atoms with E-state index in [0.29, 0.717) is 19.5 Å². The summed E-state index contributed by atoms with van der Waals surface area (Å²) in [6.07, 6.45) is 0.348. The van der Waals surface area contributed by atoms with Gasteiger partial charge < -0.3 is 16.2 Å². The Morgan fingerprint density at radius 3 is 2.37 bits per heavy atom. The monoisotopic (exact) mass is 368 g/mol. The van der Waals surface area contributed by atoms with E-state index in [9.17, 15) is 14.7 Å². The molecule has 1 fully saturated rings. The van der Waals surface area contributed by atoms with Gasteiger partial charge in [0.1, 0.15) is 6.04 Å². The fourth-order valence-corrected chi connectivity index (χ4v) is 3.27. The fourth-order valence-electron chi connectivity index (χ4n) is 3.27. The number of hydrazine groups is 1. The topological polar surface area (TPSA) is 108 Å². The zero-order valence-corrected chi connectivity index (χ0v) is 15.0. The van der Waals surface area contributed by atoms with E-state index < -0.39 is 12.0 Å². The highest BCUT2D eigenvalue weighted by atomic mass is 16.4. The summed E-state index contributed by atoms with van der Waals surface area (Å²) in [6.45, 7) is 0.830. The van der Waals surface area contributed by atoms with Crippen molar-refractivity contribution < 1.29 is 14.7 Å². The number of amides is 1. The van der Waals surface area contributed by atoms with E-state index in [1.807, 2.05) is 30.3 Å². The molecule has 0 unspecified atom stereocenters. The summed E-state index contributed by atoms with van der Waals surface area (Å²) < 4.78 is 0. The van der Waals surface area contributed by atoms with E-state index in [1.165, 1.54) is 0 Å². The van der Waals surface area contributed by atoms with Crippen molar-refractivity contribution in [3.05, 3.63) is 60.2 Å². The molecule has 1 aliphatic rings. The summed E-state index contributed by atoms with van der Waals surface area (Å²) in [5.74, 6) is -1.19. The van der Waals surface area contributed by atoms with Crippen LogP contribution in [0.3, 0.4) is 0 Å². The first-order chi connectivity index (χ1) is 13.1. The maximum atomic E-state index is 11.5. The Hall–Kier alpha value is -2.74. The lowest BCUT2D eigenvalue weighted by molar-refractivity contribution is -0.143. The Labute approximate surface area is 158 Å². The summed E-state index contributed by atoms with van der Waals surface area (Å²) in [5, 5.41) is 13.9. The molecule has 7 heteroatoms. The van der Waals surface area contributed by atoms with Crippen LogP contribution in [0.5, 0.6) is 0 Å². The Kier molecular flexibility index (Phi) is 6.18. The molecule has 0 aromatic heterocycles. The van der Waals surface area contributed by atoms with Gasteiger partial charge in [0, 0.05) is 19.1 Å². The molecule has 1 saturated heterocycles. The average molecular weight is 368 g/mol. The normalized spacial score (nSPS) is 19.7. The first kappa shape index (κ1) is 19.0. The third-order valence-electron chi connectivity index (χ3n) is 4.68. The van der Waals surface area contributed by atoms with Crippen LogP contribution in [-0.4, -0.2) is 47.2 Å². The van der Waals surface area contributed by atoms with Crippen LogP contribution in [0, 0.1) is 0 Å². The second kappa shape index (κ2) is 8.77. The molecule has 5 N–H and O–H groups in total. The molecule has 0 radical (unpaired) electrons. The van der Waals surface area contributed by atoms with Crippen LogP contribution >= 0.6 is 0 Å². The van der Waals surface area contributed by atoms with Gasteiger partial charge in [-0.2, -0.15) is 0 Å². The van der Waals surface area contributed by atoms with E-state index in [0.717, 1.165) is 16.7 Å². The summed E-state index contributed by atoms with van der Waals surface area (Å²) >= 11 is 0. The van der Waals surface area contributed by atoms with Crippen LogP contribution in [0.1, 0.15) is 12.0 Å². The molecule has 2 atom stereocenters. The van der Waals surface area contributed by atoms with Gasteiger partial charge in [-0.3, -0.25) is 9.59 Å². The lowest BCUT2D eigenvalue weighted by Crippen LogP contribution is -2.46. The van der Waals surface area contributed by atoms with Crippen LogP contribution < -0.4 is 16.5 Å². The first-order valence-electron chi connectivity index (χ1n) is 8.93. The van der Waals surface area contributed by atoms with Gasteiger partial charge in [-0.05, 0) is 23.1 Å². The van der Waals surface area contributed by atoms with Crippen molar-refractivity contribution in [2.24, 2.45) is 5.73 Å². The molecule has 7 nitrogen and oxygen atoms in total. The second-order valence-electron chi connectivity index (χ2n) is 6.61. The molecule has 0 spiro atoms. The predicted octanol–water partition coefficient (Wildman–Crippen LogP) is 0.961. The van der Waals surface area contributed by atoms with Gasteiger partial charge in [-0.15, -0.1) is 0 Å². The number of nitrogens with one attached hydrogen (secondary N) is 2. The van der Waals surface area contributed by atoms with Crippen molar-refractivity contribution in [3.8, 4) is 11.1 Å². The summed E-state index contributed by atoms with van der Waals surface area (Å²) in [5.41, 5.74) is 11.8. The Morgan fingerprint density at radius 2 is 1.74 bits per heavy atom. The third kappa shape index (κ3) is 4.91. The van der Waals surface area contributed by atoms with Gasteiger partial charge >= 0.3 is 5.97 Å². The van der Waals surface area contributed by atoms with Crippen LogP contribution in [0.4, 0.5) is 0 Å². The number of nitrogens with two attached hydrogens (primary N) is 1. The minimum atomic E-state index is -0.911. The second-order valence-corrected chi connectivity index (χ2v) is 6.61. The van der Waals surface area contributed by atoms with Crippen LogP contribution in [0.15, 0.2) is 54.6 Å². The largest absolute Gasteiger partial charge is 0.480 e. The number of carboxylic acids is 1. The maximum Gasteiger partial charge on any atom is 0.322 e. The number of hydrogen-bond donors (Lipinski definition) is 4. The number of carbonyl (C=O) groups excluding carboxylic acids is 1. The van der Waals surface area contributed by atoms with Crippen molar-refractivity contribution in [1.29, 1.82) is 0 Å². The average Bonchev–Trinajstić information content (AvgIpc) is 3.10. The quantitative estimate of drug-likeness (QED) is 0.580. The fraction of sp³-hybridized carbons (Fsp3) is 0.300. The van der Waals surface area contributed by atoms with Gasteiger partial charge in [-0.25, -0.2) is 10.4 Å². The predicted molar refractivity (Wildman–Crippen MR) is 102 cm³/mol. The molecule has 2 aromatic carbocycles. The maximum absolute atomic E-state index is 11.5. The zero-order valence-electron chi connectivity index (χ0n) is 15.0. The lowest BCUT2D eigenvalue weighted by Gasteiger charge is -2.22. The summed E-state index contributed by atoms with van der Waals surface area (Å²) in [6, 6.07) is 17.4. The van der Waals surface area contributed by atoms with Crippen LogP contribution in [0.2, 0.25) is 0 Å². The summed E-state index contributed by atoms with van der Waals surface area (Å²) in [7, 11) is 0. The van der Waals surface area contributed by atoms with Gasteiger partial charge in [-0.1, -0.05) is 54.6 Å². The van der Waals surface area contributed by atoms with Gasteiger partial charge in [0.25, 0.3) is 0 Å². The SMILES string of the molecule is NCC(=O)N[C@H]1C[C@H](C(=O)O)N(NCc2ccc(-c3ccccc3)cc2)C1. The lowest BCUT2D eigenvalue weighted by atomic mass is 10.0. The molecule has 27 heavy (non-hydrogen) atoms. The van der Waals surface area contributed by atoms with Crippen LogP contribution in [0.25, 0.3) is 11.1 Å². The highest BCUT2D eigenvalue weighted by Gasteiger charge is 2.37. The third-order valence-corrected chi connectivity index (χ3v) is 4.68. The number of carbonyl (C=O) groups is 2. The molecular formula is C20H24N4O3.